The minimum atomic E-state index is -4.90. The van der Waals surface area contributed by atoms with Gasteiger partial charge in [-0.25, -0.2) is 4.39 Å². The lowest BCUT2D eigenvalue weighted by Gasteiger charge is -2.33. The Labute approximate surface area is 227 Å². The van der Waals surface area contributed by atoms with Crippen molar-refractivity contribution in [3.63, 3.8) is 0 Å². The summed E-state index contributed by atoms with van der Waals surface area (Å²) in [5.74, 6) is 0.828. The molecule has 0 N–H and O–H groups in total. The number of nitrogens with zero attached hydrogens (tertiary/aromatic N) is 2. The Balaban J connectivity index is 0.000000232. The van der Waals surface area contributed by atoms with Gasteiger partial charge in [0, 0.05) is 43.1 Å². The molecule has 5 nitrogen and oxygen atoms in total. The van der Waals surface area contributed by atoms with Crippen LogP contribution in [0.3, 0.4) is 0 Å². The highest BCUT2D eigenvalue weighted by molar-refractivity contribution is 5.97. The Morgan fingerprint density at radius 3 is 2.05 bits per heavy atom. The van der Waals surface area contributed by atoms with Crippen LogP contribution in [0.2, 0.25) is 0 Å². The molecule has 40 heavy (non-hydrogen) atoms. The maximum Gasteiger partial charge on any atom is 0.416 e. The minimum absolute atomic E-state index is 0.00565. The number of nitroso groups, excluding NO2 is 1. The zero-order valence-corrected chi connectivity index (χ0v) is 21.9. The van der Waals surface area contributed by atoms with Crippen LogP contribution in [0, 0.1) is 16.6 Å². The molecule has 2 aliphatic rings. The summed E-state index contributed by atoms with van der Waals surface area (Å²) >= 11 is 0. The lowest BCUT2D eigenvalue weighted by Crippen LogP contribution is -2.33. The number of Topliss-reactive ketones (excluding diaryl/α,β-unsaturated/α-hetero) is 1. The van der Waals surface area contributed by atoms with E-state index in [4.69, 9.17) is 4.74 Å². The summed E-state index contributed by atoms with van der Waals surface area (Å²) in [5.41, 5.74) is -0.0949. The van der Waals surface area contributed by atoms with Crippen molar-refractivity contribution < 1.29 is 40.3 Å². The third-order valence-electron chi connectivity index (χ3n) is 6.96. The highest BCUT2D eigenvalue weighted by atomic mass is 19.4. The van der Waals surface area contributed by atoms with Crippen molar-refractivity contribution in [2.24, 2.45) is 11.1 Å². The Morgan fingerprint density at radius 1 is 0.950 bits per heavy atom. The SMILES string of the molecule is CC1=C(N(C)CC2COCC(c3ccc(F)cc3)C2)CCC1=O.O=NCc1cc(C(F)(F)F)cc(C(F)(F)F)c1. The predicted octanol–water partition coefficient (Wildman–Crippen LogP) is 7.51. The van der Waals surface area contributed by atoms with Gasteiger partial charge in [0.15, 0.2) is 5.78 Å². The van der Waals surface area contributed by atoms with E-state index < -0.39 is 35.6 Å². The molecule has 1 aliphatic carbocycles. The normalized spacial score (nSPS) is 19.8. The van der Waals surface area contributed by atoms with E-state index in [0.717, 1.165) is 37.1 Å². The summed E-state index contributed by atoms with van der Waals surface area (Å²) in [6.07, 6.45) is -7.27. The van der Waals surface area contributed by atoms with Crippen molar-refractivity contribution in [3.8, 4) is 0 Å². The van der Waals surface area contributed by atoms with E-state index in [0.29, 0.717) is 37.0 Å². The molecule has 0 aromatic heterocycles. The van der Waals surface area contributed by atoms with Crippen LogP contribution >= 0.6 is 0 Å². The van der Waals surface area contributed by atoms with Gasteiger partial charge in [0.1, 0.15) is 12.4 Å². The fourth-order valence-electron chi connectivity index (χ4n) is 4.94. The monoisotopic (exact) mass is 574 g/mol. The first-order valence-electron chi connectivity index (χ1n) is 12.5. The third kappa shape index (κ3) is 8.36. The molecule has 4 rings (SSSR count). The van der Waals surface area contributed by atoms with Gasteiger partial charge in [0.05, 0.1) is 24.3 Å². The average molecular weight is 575 g/mol. The number of ketones is 1. The van der Waals surface area contributed by atoms with Crippen LogP contribution in [-0.2, 0) is 28.4 Å². The molecule has 0 radical (unpaired) electrons. The number of carbonyl (C=O) groups is 1. The summed E-state index contributed by atoms with van der Waals surface area (Å²) < 4.78 is 92.7. The van der Waals surface area contributed by atoms with Crippen molar-refractivity contribution in [1.29, 1.82) is 0 Å². The number of allylic oxidation sites excluding steroid dienone is 2. The molecule has 12 heteroatoms. The highest BCUT2D eigenvalue weighted by Gasteiger charge is 2.37. The zero-order valence-electron chi connectivity index (χ0n) is 21.9. The number of benzene rings is 2. The van der Waals surface area contributed by atoms with Gasteiger partial charge in [0.2, 0.25) is 0 Å². The predicted molar refractivity (Wildman–Crippen MR) is 134 cm³/mol. The Kier molecular flexibility index (Phi) is 10.1. The lowest BCUT2D eigenvalue weighted by atomic mass is 9.87. The maximum absolute atomic E-state index is 13.1. The first-order chi connectivity index (χ1) is 18.7. The second-order valence-electron chi connectivity index (χ2n) is 9.96. The van der Waals surface area contributed by atoms with Gasteiger partial charge in [-0.05, 0) is 61.2 Å². The van der Waals surface area contributed by atoms with Gasteiger partial charge in [-0.1, -0.05) is 17.3 Å². The number of alkyl halides is 6. The standard InChI is InChI=1S/C19H24FNO2.C9H5F6NO/c1-13-18(7-8-19(13)22)21(2)10-14-9-16(12-23-11-14)15-3-5-17(20)6-4-15;10-8(11,12)6-1-5(4-16-17)2-7(3-6)9(13,14)15/h3-6,14,16H,7-12H2,1-2H3;1-3H,4H2. The van der Waals surface area contributed by atoms with E-state index in [-0.39, 0.29) is 17.7 Å². The molecule has 2 atom stereocenters. The molecule has 2 unspecified atom stereocenters. The molecule has 2 aromatic rings. The van der Waals surface area contributed by atoms with Crippen LogP contribution in [0.15, 0.2) is 58.9 Å². The summed E-state index contributed by atoms with van der Waals surface area (Å²) in [6, 6.07) is 7.68. The summed E-state index contributed by atoms with van der Waals surface area (Å²) in [4.78, 5) is 23.8. The van der Waals surface area contributed by atoms with Crippen LogP contribution in [0.1, 0.15) is 54.4 Å². The van der Waals surface area contributed by atoms with E-state index in [9.17, 15) is 40.4 Å². The summed E-state index contributed by atoms with van der Waals surface area (Å²) in [7, 11) is 2.07. The number of ether oxygens (including phenoxy) is 1. The van der Waals surface area contributed by atoms with Crippen LogP contribution < -0.4 is 0 Å². The molecular formula is C28H29F7N2O3. The second-order valence-corrected chi connectivity index (χ2v) is 9.96. The molecular weight excluding hydrogens is 545 g/mol. The van der Waals surface area contributed by atoms with Crippen LogP contribution in [0.25, 0.3) is 0 Å². The molecule has 1 aliphatic heterocycles. The number of hydrogen-bond acceptors (Lipinski definition) is 5. The molecule has 0 spiro atoms. The van der Waals surface area contributed by atoms with Gasteiger partial charge in [-0.2, -0.15) is 31.2 Å². The molecule has 0 saturated carbocycles. The number of hydrogen-bond donors (Lipinski definition) is 0. The first kappa shape index (κ1) is 31.3. The highest BCUT2D eigenvalue weighted by Crippen LogP contribution is 2.36. The van der Waals surface area contributed by atoms with Gasteiger partial charge in [0.25, 0.3) is 0 Å². The number of halogens is 7. The van der Waals surface area contributed by atoms with Gasteiger partial charge >= 0.3 is 12.4 Å². The topological polar surface area (TPSA) is 59.0 Å². The van der Waals surface area contributed by atoms with Crippen molar-refractivity contribution in [1.82, 2.24) is 4.90 Å². The molecule has 2 aromatic carbocycles. The minimum Gasteiger partial charge on any atom is -0.380 e. The molecule has 1 fully saturated rings. The maximum atomic E-state index is 13.1. The molecule has 218 valence electrons. The van der Waals surface area contributed by atoms with Gasteiger partial charge < -0.3 is 9.64 Å². The van der Waals surface area contributed by atoms with E-state index in [1.54, 1.807) is 0 Å². The quantitative estimate of drug-likeness (QED) is 0.265. The first-order valence-corrected chi connectivity index (χ1v) is 12.5. The number of carbonyl (C=O) groups excluding carboxylic acids is 1. The lowest BCUT2D eigenvalue weighted by molar-refractivity contribution is -0.143. The second kappa shape index (κ2) is 12.9. The van der Waals surface area contributed by atoms with Crippen LogP contribution in [0.4, 0.5) is 30.7 Å². The van der Waals surface area contributed by atoms with Crippen LogP contribution in [-0.4, -0.2) is 37.5 Å². The summed E-state index contributed by atoms with van der Waals surface area (Å²) in [5, 5.41) is 2.27. The Bertz CT molecular complexity index is 1190. The van der Waals surface area contributed by atoms with E-state index in [1.165, 1.54) is 17.8 Å². The smallest absolute Gasteiger partial charge is 0.380 e. The van der Waals surface area contributed by atoms with Gasteiger partial charge in [-0.15, -0.1) is 0 Å². The molecule has 1 heterocycles. The molecule has 1 saturated heterocycles. The third-order valence-corrected chi connectivity index (χ3v) is 6.96. The van der Waals surface area contributed by atoms with E-state index in [2.05, 4.69) is 17.1 Å². The van der Waals surface area contributed by atoms with Crippen molar-refractivity contribution in [2.75, 3.05) is 26.8 Å². The molecule has 0 amide bonds. The largest absolute Gasteiger partial charge is 0.416 e. The fraction of sp³-hybridized carbons (Fsp3) is 0.464. The fourth-order valence-corrected chi connectivity index (χ4v) is 4.94. The molecule has 0 bridgehead atoms. The van der Waals surface area contributed by atoms with Crippen molar-refractivity contribution >= 4 is 5.78 Å². The zero-order chi connectivity index (χ0) is 29.7. The van der Waals surface area contributed by atoms with Crippen LogP contribution in [0.5, 0.6) is 0 Å². The van der Waals surface area contributed by atoms with Crippen molar-refractivity contribution in [3.05, 3.63) is 86.7 Å². The van der Waals surface area contributed by atoms with Gasteiger partial charge in [-0.3, -0.25) is 4.79 Å². The van der Waals surface area contributed by atoms with Crippen molar-refractivity contribution in [2.45, 2.75) is 51.0 Å². The Morgan fingerprint density at radius 2 is 1.55 bits per heavy atom. The van der Waals surface area contributed by atoms with E-state index >= 15 is 0 Å². The average Bonchev–Trinajstić information content (AvgIpc) is 3.22. The number of rotatable bonds is 6. The summed E-state index contributed by atoms with van der Waals surface area (Å²) in [6.45, 7) is 3.54. The Hall–Kier alpha value is -3.28. The van der Waals surface area contributed by atoms with E-state index in [1.807, 2.05) is 19.1 Å².